The van der Waals surface area contributed by atoms with Crippen molar-refractivity contribution < 1.29 is 19.7 Å². The average molecular weight is 370 g/mol. The van der Waals surface area contributed by atoms with Gasteiger partial charge in [-0.2, -0.15) is 0 Å². The van der Waals surface area contributed by atoms with E-state index in [1.165, 1.54) is 0 Å². The predicted molar refractivity (Wildman–Crippen MR) is 108 cm³/mol. The van der Waals surface area contributed by atoms with Crippen molar-refractivity contribution in [2.45, 2.75) is 6.42 Å². The maximum Gasteiger partial charge on any atom is 0.272 e. The van der Waals surface area contributed by atoms with Gasteiger partial charge in [-0.3, -0.25) is 4.90 Å². The Balaban J connectivity index is 1.86. The van der Waals surface area contributed by atoms with E-state index in [2.05, 4.69) is 4.90 Å². The topological polar surface area (TPSA) is 64.8 Å². The lowest BCUT2D eigenvalue weighted by molar-refractivity contribution is 0.0432. The summed E-state index contributed by atoms with van der Waals surface area (Å²) in [5, 5.41) is 17.8. The van der Waals surface area contributed by atoms with E-state index in [9.17, 15) is 0 Å². The van der Waals surface area contributed by atoms with Gasteiger partial charge in [-0.15, -0.1) is 0 Å². The first-order chi connectivity index (χ1) is 13.3. The lowest BCUT2D eigenvalue weighted by atomic mass is 10.0. The minimum Gasteiger partial charge on any atom is -0.592 e. The molecule has 0 amide bonds. The van der Waals surface area contributed by atoms with Crippen LogP contribution in [0.4, 0.5) is 0 Å². The van der Waals surface area contributed by atoms with Crippen LogP contribution in [0.1, 0.15) is 12.0 Å². The molecule has 3 N–H and O–H groups in total. The fourth-order valence-electron chi connectivity index (χ4n) is 3.10. The van der Waals surface area contributed by atoms with Crippen molar-refractivity contribution in [3.05, 3.63) is 60.2 Å². The van der Waals surface area contributed by atoms with Crippen LogP contribution in [-0.4, -0.2) is 61.2 Å². The van der Waals surface area contributed by atoms with Crippen LogP contribution in [0.5, 0.6) is 5.75 Å². The van der Waals surface area contributed by atoms with Gasteiger partial charge in [0.2, 0.25) is 0 Å². The molecular formula is C22H28NO4+. The van der Waals surface area contributed by atoms with E-state index < -0.39 is 0 Å². The standard InChI is InChI=1S/C22H27NO4/c24-14-5-15-27-21(10-11-23-12-16-26-17-13-23)20-9-4-8-19(22(20)25)18-6-2-1-3-7-18/h1-4,6-10,24-25H,5,11-17H2/p+1/b21-10+. The summed E-state index contributed by atoms with van der Waals surface area (Å²) in [6.45, 7) is 4.58. The Morgan fingerprint density at radius 3 is 2.63 bits per heavy atom. The number of nitrogens with zero attached hydrogens (tertiary/aromatic N) is 1. The number of para-hydroxylation sites is 1. The molecule has 1 aliphatic heterocycles. The van der Waals surface area contributed by atoms with Gasteiger partial charge in [0.25, 0.3) is 5.75 Å². The zero-order valence-corrected chi connectivity index (χ0v) is 15.6. The minimum atomic E-state index is 0.0918. The number of aliphatic hydroxyl groups excluding tert-OH is 1. The molecular weight excluding hydrogens is 342 g/mol. The van der Waals surface area contributed by atoms with Crippen LogP contribution >= 0.6 is 0 Å². The number of benzene rings is 2. The molecule has 0 saturated carbocycles. The molecule has 0 atom stereocenters. The highest BCUT2D eigenvalue weighted by Crippen LogP contribution is 2.36. The van der Waals surface area contributed by atoms with Gasteiger partial charge in [-0.1, -0.05) is 36.4 Å². The van der Waals surface area contributed by atoms with Crippen LogP contribution in [0.15, 0.2) is 54.6 Å². The lowest BCUT2D eigenvalue weighted by Crippen LogP contribution is -2.36. The Kier molecular flexibility index (Phi) is 7.27. The number of rotatable bonds is 8. The summed E-state index contributed by atoms with van der Waals surface area (Å²) in [6.07, 6.45) is 2.62. The van der Waals surface area contributed by atoms with E-state index in [1.807, 2.05) is 54.6 Å². The zero-order valence-electron chi connectivity index (χ0n) is 15.6. The minimum absolute atomic E-state index is 0.0918. The second-order valence-electron chi connectivity index (χ2n) is 6.50. The van der Waals surface area contributed by atoms with Gasteiger partial charge in [0.15, 0.2) is 0 Å². The van der Waals surface area contributed by atoms with E-state index >= 15 is 0 Å². The molecule has 0 radical (unpaired) electrons. The normalized spacial score (nSPS) is 15.7. The van der Waals surface area contributed by atoms with Crippen LogP contribution in [0.25, 0.3) is 16.9 Å². The molecule has 27 heavy (non-hydrogen) atoms. The van der Waals surface area contributed by atoms with Crippen molar-refractivity contribution in [1.82, 2.24) is 4.90 Å². The van der Waals surface area contributed by atoms with Crippen molar-refractivity contribution in [3.8, 4) is 16.9 Å². The summed E-state index contributed by atoms with van der Waals surface area (Å²) in [4.78, 5) is 2.31. The van der Waals surface area contributed by atoms with Gasteiger partial charge in [0, 0.05) is 32.7 Å². The highest BCUT2D eigenvalue weighted by atomic mass is 16.5. The Hall–Kier alpha value is -2.34. The first kappa shape index (κ1) is 19.4. The third-order valence-electron chi connectivity index (χ3n) is 4.61. The Labute approximate surface area is 160 Å². The molecule has 0 aromatic heterocycles. The second kappa shape index (κ2) is 10.1. The molecule has 1 fully saturated rings. The maximum atomic E-state index is 9.07. The fraction of sp³-hybridized carbons (Fsp3) is 0.364. The van der Waals surface area contributed by atoms with E-state index in [4.69, 9.17) is 19.7 Å². The highest BCUT2D eigenvalue weighted by molar-refractivity contribution is 5.78. The van der Waals surface area contributed by atoms with E-state index in [0.29, 0.717) is 24.5 Å². The summed E-state index contributed by atoms with van der Waals surface area (Å²) in [5.41, 5.74) is 2.69. The Morgan fingerprint density at radius 2 is 1.89 bits per heavy atom. The third kappa shape index (κ3) is 5.32. The Bertz CT molecular complexity index is 739. The van der Waals surface area contributed by atoms with Crippen LogP contribution < -0.4 is 0 Å². The van der Waals surface area contributed by atoms with Crippen LogP contribution in [0, 0.1) is 0 Å². The van der Waals surface area contributed by atoms with Gasteiger partial charge in [-0.25, -0.2) is 0 Å². The van der Waals surface area contributed by atoms with Gasteiger partial charge in [0.1, 0.15) is 11.3 Å². The second-order valence-corrected chi connectivity index (χ2v) is 6.50. The number of ether oxygens (including phenoxy) is 2. The molecule has 144 valence electrons. The average Bonchev–Trinajstić information content (AvgIpc) is 2.72. The number of morpholine rings is 1. The molecule has 2 aromatic carbocycles. The summed E-state index contributed by atoms with van der Waals surface area (Å²) >= 11 is 0. The monoisotopic (exact) mass is 370 g/mol. The number of aliphatic hydroxyl groups is 1. The summed E-state index contributed by atoms with van der Waals surface area (Å²) in [5.74, 6) is 1.17. The first-order valence-electron chi connectivity index (χ1n) is 9.44. The lowest BCUT2D eigenvalue weighted by Gasteiger charge is -2.25. The maximum absolute atomic E-state index is 9.07. The summed E-state index contributed by atoms with van der Waals surface area (Å²) < 4.78 is 11.4. The van der Waals surface area contributed by atoms with Gasteiger partial charge >= 0.3 is 0 Å². The van der Waals surface area contributed by atoms with Crippen molar-refractivity contribution in [1.29, 1.82) is 0 Å². The van der Waals surface area contributed by atoms with E-state index in [0.717, 1.165) is 49.5 Å². The first-order valence-corrected chi connectivity index (χ1v) is 9.44. The van der Waals surface area contributed by atoms with Gasteiger partial charge < -0.3 is 19.7 Å². The quantitative estimate of drug-likeness (QED) is 0.441. The molecule has 2 aromatic rings. The highest BCUT2D eigenvalue weighted by Gasteiger charge is 2.18. The fourth-order valence-corrected chi connectivity index (χ4v) is 3.10. The van der Waals surface area contributed by atoms with Gasteiger partial charge in [-0.05, 0) is 23.8 Å². The van der Waals surface area contributed by atoms with Crippen molar-refractivity contribution >= 4 is 5.76 Å². The molecule has 3 rings (SSSR count). The largest absolute Gasteiger partial charge is 0.592 e. The van der Waals surface area contributed by atoms with Crippen molar-refractivity contribution in [2.75, 3.05) is 46.1 Å². The summed E-state index contributed by atoms with van der Waals surface area (Å²) in [7, 11) is 0. The van der Waals surface area contributed by atoms with Crippen LogP contribution in [0.2, 0.25) is 0 Å². The molecule has 0 bridgehead atoms. The molecule has 0 unspecified atom stereocenters. The molecule has 0 aliphatic carbocycles. The van der Waals surface area contributed by atoms with Crippen molar-refractivity contribution in [3.63, 3.8) is 0 Å². The smallest absolute Gasteiger partial charge is 0.272 e. The van der Waals surface area contributed by atoms with Crippen molar-refractivity contribution in [2.24, 2.45) is 0 Å². The molecule has 5 heteroatoms. The van der Waals surface area contributed by atoms with Crippen LogP contribution in [-0.2, 0) is 9.47 Å². The molecule has 1 heterocycles. The predicted octanol–water partition coefficient (Wildman–Crippen LogP) is 2.86. The molecule has 1 aliphatic rings. The van der Waals surface area contributed by atoms with E-state index in [-0.39, 0.29) is 6.61 Å². The third-order valence-corrected chi connectivity index (χ3v) is 4.61. The SMILES string of the molecule is OCCCO/C(=C/CN1CCOCC1)c1cccc(-c2ccccc2)c1[OH2+]. The molecule has 5 nitrogen and oxygen atoms in total. The summed E-state index contributed by atoms with van der Waals surface area (Å²) in [6, 6.07) is 15.8. The van der Waals surface area contributed by atoms with Crippen LogP contribution in [0.3, 0.4) is 0 Å². The Morgan fingerprint density at radius 1 is 1.11 bits per heavy atom. The number of hydrogen-bond donors (Lipinski definition) is 1. The number of hydrogen-bond acceptors (Lipinski definition) is 4. The van der Waals surface area contributed by atoms with E-state index in [1.54, 1.807) is 0 Å². The van der Waals surface area contributed by atoms with Gasteiger partial charge in [0.05, 0.1) is 25.4 Å². The molecule has 0 spiro atoms. The zero-order chi connectivity index (χ0) is 18.9. The molecule has 1 saturated heterocycles.